The Bertz CT molecular complexity index is 1980. The van der Waals surface area contributed by atoms with Gasteiger partial charge in [-0.1, -0.05) is 0 Å². The molecule has 13 heteroatoms. The van der Waals surface area contributed by atoms with E-state index in [-0.39, 0.29) is 18.6 Å². The van der Waals surface area contributed by atoms with Gasteiger partial charge in [-0.25, -0.2) is 19.7 Å². The Morgan fingerprint density at radius 3 is 2.62 bits per heavy atom. The summed E-state index contributed by atoms with van der Waals surface area (Å²) in [5.74, 6) is 2.26. The van der Waals surface area contributed by atoms with Crippen LogP contribution in [-0.2, 0) is 23.1 Å². The number of nitrogens with zero attached hydrogens (tertiary/aromatic N) is 6. The molecule has 4 aromatic heterocycles. The zero-order valence-corrected chi connectivity index (χ0v) is 27.4. The van der Waals surface area contributed by atoms with E-state index in [2.05, 4.69) is 27.0 Å². The highest BCUT2D eigenvalue weighted by atomic mass is 16.6. The smallest absolute Gasteiger partial charge is 0.412 e. The van der Waals surface area contributed by atoms with E-state index in [1.54, 1.807) is 26.5 Å². The number of hydrogen-bond acceptors (Lipinski definition) is 9. The molecule has 2 amide bonds. The second-order valence-electron chi connectivity index (χ2n) is 12.6. The Labute approximate surface area is 278 Å². The van der Waals surface area contributed by atoms with Crippen molar-refractivity contribution in [2.75, 3.05) is 45.8 Å². The zero-order valence-electron chi connectivity index (χ0n) is 27.4. The average Bonchev–Trinajstić information content (AvgIpc) is 3.77. The summed E-state index contributed by atoms with van der Waals surface area (Å²) in [5, 5.41) is 3.62. The lowest BCUT2D eigenvalue weighted by molar-refractivity contribution is 0.0708. The summed E-state index contributed by atoms with van der Waals surface area (Å²) in [7, 11) is 5.14. The number of likely N-dealkylation sites (tertiary alicyclic amines) is 1. The van der Waals surface area contributed by atoms with Crippen molar-refractivity contribution < 1.29 is 23.8 Å². The number of piperidine rings is 1. The molecule has 3 N–H and O–H groups in total. The van der Waals surface area contributed by atoms with E-state index in [0.717, 1.165) is 58.7 Å². The highest BCUT2D eigenvalue weighted by Gasteiger charge is 2.28. The molecule has 1 aliphatic carbocycles. The largest absolute Gasteiger partial charge is 0.494 e. The van der Waals surface area contributed by atoms with Gasteiger partial charge in [0.05, 0.1) is 30.6 Å². The molecule has 250 valence electrons. The molecule has 2 fully saturated rings. The van der Waals surface area contributed by atoms with Crippen LogP contribution >= 0.6 is 0 Å². The Hall–Kier alpha value is -5.01. The Kier molecular flexibility index (Phi) is 8.71. The minimum Gasteiger partial charge on any atom is -0.494 e. The molecule has 1 atom stereocenters. The van der Waals surface area contributed by atoms with E-state index in [9.17, 15) is 9.59 Å². The molecular weight excluding hydrogens is 612 g/mol. The lowest BCUT2D eigenvalue weighted by atomic mass is 10.0. The first kappa shape index (κ1) is 31.6. The average molecular weight is 653 g/mol. The molecule has 1 saturated carbocycles. The summed E-state index contributed by atoms with van der Waals surface area (Å²) in [5.41, 5.74) is 11.6. The number of methoxy groups -OCH3 is 2. The topological polar surface area (TPSA) is 152 Å². The van der Waals surface area contributed by atoms with Crippen molar-refractivity contribution >= 4 is 39.9 Å². The number of aryl methyl sites for hydroxylation is 1. The van der Waals surface area contributed by atoms with Gasteiger partial charge in [-0.05, 0) is 74.1 Å². The van der Waals surface area contributed by atoms with Gasteiger partial charge in [0.1, 0.15) is 29.3 Å². The number of ether oxygens (including phenoxy) is 3. The van der Waals surface area contributed by atoms with Crippen LogP contribution in [0.25, 0.3) is 44.8 Å². The first-order valence-electron chi connectivity index (χ1n) is 16.3. The monoisotopic (exact) mass is 652 g/mol. The number of aromatic nitrogens is 5. The molecule has 1 aliphatic heterocycles. The predicted octanol–water partition coefficient (Wildman–Crippen LogP) is 4.83. The van der Waals surface area contributed by atoms with Crippen LogP contribution in [0.5, 0.6) is 5.75 Å². The van der Waals surface area contributed by atoms with Crippen LogP contribution in [0, 0.1) is 5.92 Å². The minimum atomic E-state index is -0.591. The molecule has 2 aliphatic rings. The Morgan fingerprint density at radius 2 is 1.90 bits per heavy atom. The third kappa shape index (κ3) is 6.30. The summed E-state index contributed by atoms with van der Waals surface area (Å²) in [6, 6.07) is 13.4. The van der Waals surface area contributed by atoms with E-state index >= 15 is 0 Å². The molecule has 5 aromatic rings. The van der Waals surface area contributed by atoms with Crippen molar-refractivity contribution in [3.63, 3.8) is 0 Å². The van der Waals surface area contributed by atoms with Gasteiger partial charge in [-0.3, -0.25) is 10.1 Å². The summed E-state index contributed by atoms with van der Waals surface area (Å²) < 4.78 is 20.1. The first-order valence-corrected chi connectivity index (χ1v) is 16.3. The van der Waals surface area contributed by atoms with Gasteiger partial charge in [-0.15, -0.1) is 0 Å². The summed E-state index contributed by atoms with van der Waals surface area (Å²) >= 11 is 0. The van der Waals surface area contributed by atoms with E-state index in [4.69, 9.17) is 29.9 Å². The number of pyridine rings is 2. The fraction of sp³-hybridized carbons (Fsp3) is 0.400. The number of nitrogens with one attached hydrogen (secondary N) is 1. The van der Waals surface area contributed by atoms with Crippen molar-refractivity contribution in [1.29, 1.82) is 0 Å². The van der Waals surface area contributed by atoms with Crippen LogP contribution in [0.3, 0.4) is 0 Å². The standard InChI is InChI=1S/C35H40N8O5/c1-41-31-27(15-24(17-29(31)47-3)34(44)42-12-4-5-25(36)20-42)39-33(41)28-16-22-8-10-26(38-32(22)43(28)19-21-6-7-21)23-9-11-30(37-18-23)40-35(45)48-14-13-46-2/h8-11,15-18,21,25H,4-7,12-14,19-20,36H2,1-3H3,(H,37,40,45)/t25-/m1/s1. The lowest BCUT2D eigenvalue weighted by Gasteiger charge is -2.30. The lowest BCUT2D eigenvalue weighted by Crippen LogP contribution is -2.45. The van der Waals surface area contributed by atoms with Crippen molar-refractivity contribution in [2.45, 2.75) is 38.3 Å². The molecule has 0 spiro atoms. The summed E-state index contributed by atoms with van der Waals surface area (Å²) in [6.45, 7) is 2.53. The van der Waals surface area contributed by atoms with E-state index in [0.29, 0.717) is 48.3 Å². The molecule has 7 rings (SSSR count). The molecule has 0 unspecified atom stereocenters. The Morgan fingerprint density at radius 1 is 1.04 bits per heavy atom. The number of carbonyl (C=O) groups is 2. The van der Waals surface area contributed by atoms with Crippen LogP contribution in [0.1, 0.15) is 36.0 Å². The number of amides is 2. The number of anilines is 1. The minimum absolute atomic E-state index is 0.00736. The van der Waals surface area contributed by atoms with Gasteiger partial charge in [0.15, 0.2) is 5.82 Å². The highest BCUT2D eigenvalue weighted by molar-refractivity contribution is 6.00. The summed E-state index contributed by atoms with van der Waals surface area (Å²) in [6.07, 6.45) is 5.26. The predicted molar refractivity (Wildman–Crippen MR) is 182 cm³/mol. The molecule has 48 heavy (non-hydrogen) atoms. The fourth-order valence-electron chi connectivity index (χ4n) is 6.39. The van der Waals surface area contributed by atoms with Crippen LogP contribution in [0.2, 0.25) is 0 Å². The van der Waals surface area contributed by atoms with E-state index in [1.165, 1.54) is 12.8 Å². The zero-order chi connectivity index (χ0) is 33.4. The second-order valence-corrected chi connectivity index (χ2v) is 12.6. The quantitative estimate of drug-likeness (QED) is 0.202. The molecule has 0 radical (unpaired) electrons. The molecular formula is C35H40N8O5. The van der Waals surface area contributed by atoms with Gasteiger partial charge in [0, 0.05) is 62.5 Å². The van der Waals surface area contributed by atoms with Crippen LogP contribution in [0.4, 0.5) is 10.6 Å². The van der Waals surface area contributed by atoms with Crippen LogP contribution in [-0.4, -0.2) is 87.6 Å². The van der Waals surface area contributed by atoms with Crippen LogP contribution in [0.15, 0.2) is 48.7 Å². The fourth-order valence-corrected chi connectivity index (χ4v) is 6.39. The van der Waals surface area contributed by atoms with Crippen LogP contribution < -0.4 is 15.8 Å². The second kappa shape index (κ2) is 13.2. The number of benzene rings is 1. The molecule has 1 saturated heterocycles. The molecule has 0 bridgehead atoms. The number of nitrogens with two attached hydrogens (primary N) is 1. The number of carbonyl (C=O) groups excluding carboxylic acids is 2. The van der Waals surface area contributed by atoms with Gasteiger partial charge >= 0.3 is 6.09 Å². The highest BCUT2D eigenvalue weighted by Crippen LogP contribution is 2.38. The third-order valence-corrected chi connectivity index (χ3v) is 9.07. The van der Waals surface area contributed by atoms with E-state index < -0.39 is 6.09 Å². The van der Waals surface area contributed by atoms with Gasteiger partial charge in [0.2, 0.25) is 0 Å². The maximum atomic E-state index is 13.5. The van der Waals surface area contributed by atoms with Gasteiger partial charge < -0.3 is 34.0 Å². The molecule has 13 nitrogen and oxygen atoms in total. The van der Waals surface area contributed by atoms with E-state index in [1.807, 2.05) is 40.8 Å². The SMILES string of the molecule is COCCOC(=O)Nc1ccc(-c2ccc3cc(-c4nc5cc(C(=O)N6CCC[C@@H](N)C6)cc(OC)c5n4C)n(CC4CC4)c3n2)cn1. The Balaban J connectivity index is 1.23. The number of hydrogen-bond donors (Lipinski definition) is 2. The number of rotatable bonds is 10. The summed E-state index contributed by atoms with van der Waals surface area (Å²) in [4.78, 5) is 41.9. The normalized spacial score (nSPS) is 16.4. The van der Waals surface area contributed by atoms with Crippen molar-refractivity contribution in [1.82, 2.24) is 29.0 Å². The van der Waals surface area contributed by atoms with Gasteiger partial charge in [0.25, 0.3) is 5.91 Å². The maximum absolute atomic E-state index is 13.5. The van der Waals surface area contributed by atoms with Crippen molar-refractivity contribution in [3.05, 3.63) is 54.2 Å². The number of imidazole rings is 1. The third-order valence-electron chi connectivity index (χ3n) is 9.07. The van der Waals surface area contributed by atoms with Crippen molar-refractivity contribution in [2.24, 2.45) is 18.7 Å². The van der Waals surface area contributed by atoms with Crippen molar-refractivity contribution in [3.8, 4) is 28.5 Å². The molecule has 5 heterocycles. The number of fused-ring (bicyclic) bond motifs is 2. The van der Waals surface area contributed by atoms with Gasteiger partial charge in [-0.2, -0.15) is 0 Å². The maximum Gasteiger partial charge on any atom is 0.412 e. The molecule has 1 aromatic carbocycles. The first-order chi connectivity index (χ1) is 23.3.